The number of hydrogen-bond donors (Lipinski definition) is 2. The maximum absolute atomic E-state index is 12.1. The molecule has 0 fully saturated rings. The molecule has 0 spiro atoms. The molecule has 0 aliphatic rings. The molecule has 0 bridgehead atoms. The lowest BCUT2D eigenvalue weighted by Crippen LogP contribution is -2.15. The summed E-state index contributed by atoms with van der Waals surface area (Å²) in [4.78, 5) is 19.7. The van der Waals surface area contributed by atoms with Gasteiger partial charge in [0.2, 0.25) is 5.91 Å². The fourth-order valence-electron chi connectivity index (χ4n) is 2.58. The predicted molar refractivity (Wildman–Crippen MR) is 93.5 cm³/mol. The zero-order chi connectivity index (χ0) is 16.1. The minimum atomic E-state index is -0.0645. The first-order chi connectivity index (χ1) is 11.2. The van der Waals surface area contributed by atoms with Crippen LogP contribution in [0.4, 0.5) is 5.69 Å². The van der Waals surface area contributed by atoms with Crippen molar-refractivity contribution >= 4 is 22.6 Å². The van der Waals surface area contributed by atoms with Crippen molar-refractivity contribution < 1.29 is 4.79 Å². The Kier molecular flexibility index (Phi) is 4.71. The van der Waals surface area contributed by atoms with Crippen LogP contribution in [0.1, 0.15) is 31.2 Å². The average molecular weight is 307 g/mol. The van der Waals surface area contributed by atoms with Crippen LogP contribution in [0.2, 0.25) is 0 Å². The monoisotopic (exact) mass is 307 g/mol. The van der Waals surface area contributed by atoms with Crippen molar-refractivity contribution in [3.63, 3.8) is 0 Å². The van der Waals surface area contributed by atoms with E-state index in [-0.39, 0.29) is 12.3 Å². The van der Waals surface area contributed by atoms with Crippen molar-refractivity contribution in [2.75, 3.05) is 5.32 Å². The number of anilines is 1. The Morgan fingerprint density at radius 2 is 1.91 bits per heavy atom. The van der Waals surface area contributed by atoms with Crippen LogP contribution in [0.15, 0.2) is 48.5 Å². The molecule has 118 valence electrons. The third kappa shape index (κ3) is 3.97. The second-order valence-corrected chi connectivity index (χ2v) is 5.73. The van der Waals surface area contributed by atoms with Gasteiger partial charge in [-0.1, -0.05) is 37.6 Å². The van der Waals surface area contributed by atoms with Gasteiger partial charge in [0.1, 0.15) is 5.82 Å². The maximum atomic E-state index is 12.1. The predicted octanol–water partition coefficient (Wildman–Crippen LogP) is 4.09. The molecule has 0 atom stereocenters. The molecule has 1 aromatic heterocycles. The van der Waals surface area contributed by atoms with E-state index in [1.165, 1.54) is 18.4 Å². The molecule has 0 saturated carbocycles. The Balaban J connectivity index is 1.60. The molecule has 0 unspecified atom stereocenters. The van der Waals surface area contributed by atoms with Gasteiger partial charge in [0.25, 0.3) is 0 Å². The molecule has 2 N–H and O–H groups in total. The smallest absolute Gasteiger partial charge is 0.231 e. The van der Waals surface area contributed by atoms with Crippen LogP contribution in [0.25, 0.3) is 11.0 Å². The van der Waals surface area contributed by atoms with Crippen molar-refractivity contribution in [3.8, 4) is 0 Å². The van der Waals surface area contributed by atoms with E-state index >= 15 is 0 Å². The average Bonchev–Trinajstić information content (AvgIpc) is 2.96. The molecule has 0 aliphatic carbocycles. The summed E-state index contributed by atoms with van der Waals surface area (Å²) in [6, 6.07) is 15.8. The lowest BCUT2D eigenvalue weighted by molar-refractivity contribution is -0.115. The Hall–Kier alpha value is -2.62. The van der Waals surface area contributed by atoms with Gasteiger partial charge in [0.15, 0.2) is 0 Å². The fraction of sp³-hybridized carbons (Fsp3) is 0.263. The summed E-state index contributed by atoms with van der Waals surface area (Å²) >= 11 is 0. The molecule has 2 aromatic carbocycles. The van der Waals surface area contributed by atoms with E-state index in [1.807, 2.05) is 36.4 Å². The minimum absolute atomic E-state index is 0.0645. The van der Waals surface area contributed by atoms with Gasteiger partial charge in [0, 0.05) is 5.69 Å². The van der Waals surface area contributed by atoms with Gasteiger partial charge < -0.3 is 10.3 Å². The van der Waals surface area contributed by atoms with Gasteiger partial charge in [0.05, 0.1) is 17.5 Å². The number of nitrogens with one attached hydrogen (secondary N) is 2. The number of carbonyl (C=O) groups is 1. The summed E-state index contributed by atoms with van der Waals surface area (Å²) in [7, 11) is 0. The highest BCUT2D eigenvalue weighted by atomic mass is 16.1. The van der Waals surface area contributed by atoms with E-state index < -0.39 is 0 Å². The quantitative estimate of drug-likeness (QED) is 0.720. The van der Waals surface area contributed by atoms with Crippen LogP contribution < -0.4 is 5.32 Å². The number of rotatable bonds is 6. The van der Waals surface area contributed by atoms with Crippen molar-refractivity contribution in [1.82, 2.24) is 9.97 Å². The van der Waals surface area contributed by atoms with Crippen molar-refractivity contribution in [2.45, 2.75) is 32.6 Å². The normalized spacial score (nSPS) is 10.8. The number of carbonyl (C=O) groups excluding carboxylic acids is 1. The number of aromatic amines is 1. The SMILES string of the molecule is CCCCc1ccc(NC(=O)Cc2nc3ccccc3[nH]2)cc1. The summed E-state index contributed by atoms with van der Waals surface area (Å²) < 4.78 is 0. The Bertz CT molecular complexity index is 757. The molecule has 23 heavy (non-hydrogen) atoms. The van der Waals surface area contributed by atoms with Gasteiger partial charge in [-0.3, -0.25) is 4.79 Å². The standard InChI is InChI=1S/C19H21N3O/c1-2-3-6-14-9-11-15(12-10-14)20-19(23)13-18-21-16-7-4-5-8-17(16)22-18/h4-5,7-12H,2-3,6,13H2,1H3,(H,20,23)(H,21,22). The van der Waals surface area contributed by atoms with E-state index in [2.05, 4.69) is 34.3 Å². The first kappa shape index (κ1) is 15.3. The summed E-state index contributed by atoms with van der Waals surface area (Å²) in [5, 5.41) is 2.92. The molecular weight excluding hydrogens is 286 g/mol. The highest BCUT2D eigenvalue weighted by molar-refractivity contribution is 5.92. The number of amides is 1. The molecule has 4 nitrogen and oxygen atoms in total. The number of benzene rings is 2. The van der Waals surface area contributed by atoms with Crippen LogP contribution >= 0.6 is 0 Å². The lowest BCUT2D eigenvalue weighted by Gasteiger charge is -2.05. The van der Waals surface area contributed by atoms with Gasteiger partial charge in [-0.25, -0.2) is 4.98 Å². The summed E-state index contributed by atoms with van der Waals surface area (Å²) in [6.07, 6.45) is 3.71. The Morgan fingerprint density at radius 1 is 1.13 bits per heavy atom. The number of unbranched alkanes of at least 4 members (excludes halogenated alkanes) is 1. The van der Waals surface area contributed by atoms with Gasteiger partial charge in [-0.05, 0) is 42.7 Å². The number of nitrogens with zero attached hydrogens (tertiary/aromatic N) is 1. The molecular formula is C19H21N3O. The van der Waals surface area contributed by atoms with Crippen molar-refractivity contribution in [2.24, 2.45) is 0 Å². The third-order valence-electron chi connectivity index (χ3n) is 3.82. The number of imidazole rings is 1. The number of aryl methyl sites for hydroxylation is 1. The number of fused-ring (bicyclic) bond motifs is 1. The van der Waals surface area contributed by atoms with E-state index in [0.29, 0.717) is 5.82 Å². The number of aromatic nitrogens is 2. The first-order valence-corrected chi connectivity index (χ1v) is 8.07. The number of para-hydroxylation sites is 2. The minimum Gasteiger partial charge on any atom is -0.342 e. The molecule has 3 aromatic rings. The van der Waals surface area contributed by atoms with Gasteiger partial charge in [-0.15, -0.1) is 0 Å². The van der Waals surface area contributed by atoms with Crippen molar-refractivity contribution in [3.05, 3.63) is 59.9 Å². The van der Waals surface area contributed by atoms with E-state index in [0.717, 1.165) is 23.1 Å². The van der Waals surface area contributed by atoms with Gasteiger partial charge in [-0.2, -0.15) is 0 Å². The van der Waals surface area contributed by atoms with Crippen LogP contribution in [0.5, 0.6) is 0 Å². The van der Waals surface area contributed by atoms with Crippen LogP contribution in [0.3, 0.4) is 0 Å². The second kappa shape index (κ2) is 7.09. The molecule has 0 saturated heterocycles. The van der Waals surface area contributed by atoms with Crippen LogP contribution in [-0.2, 0) is 17.6 Å². The molecule has 0 aliphatic heterocycles. The molecule has 1 heterocycles. The largest absolute Gasteiger partial charge is 0.342 e. The summed E-state index contributed by atoms with van der Waals surface area (Å²) in [5.41, 5.74) is 3.97. The van der Waals surface area contributed by atoms with E-state index in [4.69, 9.17) is 0 Å². The van der Waals surface area contributed by atoms with Crippen LogP contribution in [0, 0.1) is 0 Å². The summed E-state index contributed by atoms with van der Waals surface area (Å²) in [6.45, 7) is 2.19. The molecule has 3 rings (SSSR count). The topological polar surface area (TPSA) is 57.8 Å². The van der Waals surface area contributed by atoms with Gasteiger partial charge >= 0.3 is 0 Å². The van der Waals surface area contributed by atoms with E-state index in [9.17, 15) is 4.79 Å². The molecule has 4 heteroatoms. The third-order valence-corrected chi connectivity index (χ3v) is 3.82. The zero-order valence-corrected chi connectivity index (χ0v) is 13.3. The molecule has 1 amide bonds. The first-order valence-electron chi connectivity index (χ1n) is 8.07. The number of H-pyrrole nitrogens is 1. The van der Waals surface area contributed by atoms with E-state index in [1.54, 1.807) is 0 Å². The number of hydrogen-bond acceptors (Lipinski definition) is 2. The molecule has 0 radical (unpaired) electrons. The highest BCUT2D eigenvalue weighted by Crippen LogP contribution is 2.13. The Morgan fingerprint density at radius 3 is 2.65 bits per heavy atom. The fourth-order valence-corrected chi connectivity index (χ4v) is 2.58. The Labute approximate surface area is 136 Å². The van der Waals surface area contributed by atoms with Crippen molar-refractivity contribution in [1.29, 1.82) is 0 Å². The maximum Gasteiger partial charge on any atom is 0.231 e. The summed E-state index contributed by atoms with van der Waals surface area (Å²) in [5.74, 6) is 0.619. The van der Waals surface area contributed by atoms with Crippen LogP contribution in [-0.4, -0.2) is 15.9 Å². The lowest BCUT2D eigenvalue weighted by atomic mass is 10.1. The second-order valence-electron chi connectivity index (χ2n) is 5.73. The highest BCUT2D eigenvalue weighted by Gasteiger charge is 2.08. The zero-order valence-electron chi connectivity index (χ0n) is 13.3.